The van der Waals surface area contributed by atoms with Gasteiger partial charge in [0.15, 0.2) is 5.96 Å². The standard InChI is InChI=1S/C19H36N4O.HI/c1-15(2)18(24)23-12-11-17(14-23)22-19(20-3)21-13-16-9-7-5-4-6-8-10-16;/h15-17H,4-14H2,1-3H3,(H2,20,21,22);1H. The quantitative estimate of drug-likeness (QED) is 0.381. The summed E-state index contributed by atoms with van der Waals surface area (Å²) in [7, 11) is 1.83. The number of aliphatic imine (C=N–C) groups is 1. The van der Waals surface area contributed by atoms with Crippen molar-refractivity contribution in [3.8, 4) is 0 Å². The molecule has 2 N–H and O–H groups in total. The number of nitrogens with zero attached hydrogens (tertiary/aromatic N) is 2. The predicted octanol–water partition coefficient (Wildman–Crippen LogP) is 3.39. The van der Waals surface area contributed by atoms with Gasteiger partial charge in [-0.2, -0.15) is 0 Å². The van der Waals surface area contributed by atoms with Crippen LogP contribution in [0.2, 0.25) is 0 Å². The first kappa shape index (κ1) is 22.5. The molecule has 0 bridgehead atoms. The summed E-state index contributed by atoms with van der Waals surface area (Å²) < 4.78 is 0. The van der Waals surface area contributed by atoms with Crippen molar-refractivity contribution in [3.63, 3.8) is 0 Å². The lowest BCUT2D eigenvalue weighted by atomic mass is 9.91. The van der Waals surface area contributed by atoms with Crippen LogP contribution < -0.4 is 10.6 Å². The van der Waals surface area contributed by atoms with Gasteiger partial charge in [0, 0.05) is 38.6 Å². The Labute approximate surface area is 170 Å². The Morgan fingerprint density at radius 2 is 1.76 bits per heavy atom. The summed E-state index contributed by atoms with van der Waals surface area (Å²) in [4.78, 5) is 18.4. The van der Waals surface area contributed by atoms with Gasteiger partial charge in [0.1, 0.15) is 0 Å². The van der Waals surface area contributed by atoms with Gasteiger partial charge in [0.25, 0.3) is 0 Å². The van der Waals surface area contributed by atoms with Crippen LogP contribution in [-0.4, -0.2) is 49.5 Å². The molecule has 0 aromatic carbocycles. The smallest absolute Gasteiger partial charge is 0.225 e. The van der Waals surface area contributed by atoms with E-state index < -0.39 is 0 Å². The fourth-order valence-corrected chi connectivity index (χ4v) is 3.82. The molecule has 0 aromatic rings. The molecule has 1 aliphatic carbocycles. The van der Waals surface area contributed by atoms with Crippen LogP contribution in [0.4, 0.5) is 0 Å². The summed E-state index contributed by atoms with van der Waals surface area (Å²) in [6.45, 7) is 6.60. The predicted molar refractivity (Wildman–Crippen MR) is 116 cm³/mol. The van der Waals surface area contributed by atoms with Gasteiger partial charge in [-0.1, -0.05) is 46.0 Å². The second kappa shape index (κ2) is 12.0. The minimum atomic E-state index is 0. The second-order valence-electron chi connectivity index (χ2n) is 7.73. The first-order valence-electron chi connectivity index (χ1n) is 9.86. The van der Waals surface area contributed by atoms with E-state index >= 15 is 0 Å². The van der Waals surface area contributed by atoms with Crippen molar-refractivity contribution in [1.29, 1.82) is 0 Å². The van der Waals surface area contributed by atoms with Crippen LogP contribution in [0, 0.1) is 11.8 Å². The Kier molecular flexibility index (Phi) is 10.8. The molecule has 25 heavy (non-hydrogen) atoms. The molecule has 1 atom stereocenters. The summed E-state index contributed by atoms with van der Waals surface area (Å²) >= 11 is 0. The number of nitrogens with one attached hydrogen (secondary N) is 2. The highest BCUT2D eigenvalue weighted by Crippen LogP contribution is 2.21. The summed E-state index contributed by atoms with van der Waals surface area (Å²) in [6.07, 6.45) is 10.6. The molecule has 0 radical (unpaired) electrons. The number of hydrogen-bond donors (Lipinski definition) is 2. The van der Waals surface area contributed by atoms with Crippen LogP contribution in [-0.2, 0) is 4.79 Å². The second-order valence-corrected chi connectivity index (χ2v) is 7.73. The van der Waals surface area contributed by atoms with Gasteiger partial charge in [-0.25, -0.2) is 0 Å². The summed E-state index contributed by atoms with van der Waals surface area (Å²) in [5.41, 5.74) is 0. The van der Waals surface area contributed by atoms with E-state index in [1.807, 2.05) is 25.8 Å². The zero-order valence-corrected chi connectivity index (χ0v) is 18.6. The van der Waals surface area contributed by atoms with Crippen molar-refractivity contribution in [2.75, 3.05) is 26.7 Å². The minimum Gasteiger partial charge on any atom is -0.356 e. The van der Waals surface area contributed by atoms with Gasteiger partial charge < -0.3 is 15.5 Å². The van der Waals surface area contributed by atoms with Crippen molar-refractivity contribution in [2.24, 2.45) is 16.8 Å². The zero-order valence-electron chi connectivity index (χ0n) is 16.2. The van der Waals surface area contributed by atoms with E-state index in [2.05, 4.69) is 15.6 Å². The molecule has 1 saturated heterocycles. The Hall–Kier alpha value is -0.530. The molecule has 2 aliphatic rings. The number of hydrogen-bond acceptors (Lipinski definition) is 2. The zero-order chi connectivity index (χ0) is 17.4. The SMILES string of the molecule is CN=C(NCC1CCCCCCC1)NC1CCN(C(=O)C(C)C)C1.I. The number of likely N-dealkylation sites (tertiary alicyclic amines) is 1. The lowest BCUT2D eigenvalue weighted by Crippen LogP contribution is -2.46. The third-order valence-electron chi connectivity index (χ3n) is 5.34. The highest BCUT2D eigenvalue weighted by Gasteiger charge is 2.28. The van der Waals surface area contributed by atoms with E-state index in [1.165, 1.54) is 44.9 Å². The minimum absolute atomic E-state index is 0. The van der Waals surface area contributed by atoms with Crippen molar-refractivity contribution in [3.05, 3.63) is 0 Å². The number of carbonyl (C=O) groups is 1. The van der Waals surface area contributed by atoms with Crippen molar-refractivity contribution in [1.82, 2.24) is 15.5 Å². The maximum atomic E-state index is 12.1. The molecule has 1 unspecified atom stereocenters. The van der Waals surface area contributed by atoms with E-state index in [1.54, 1.807) is 0 Å². The summed E-state index contributed by atoms with van der Waals surface area (Å²) in [5.74, 6) is 2.00. The Bertz CT molecular complexity index is 420. The molecule has 5 nitrogen and oxygen atoms in total. The number of guanidine groups is 1. The molecular formula is C19H37IN4O. The maximum Gasteiger partial charge on any atom is 0.225 e. The number of halogens is 1. The molecule has 2 rings (SSSR count). The third-order valence-corrected chi connectivity index (χ3v) is 5.34. The van der Waals surface area contributed by atoms with Gasteiger partial charge in [-0.15, -0.1) is 24.0 Å². The molecule has 1 aliphatic heterocycles. The Balaban J connectivity index is 0.00000312. The van der Waals surface area contributed by atoms with Crippen LogP contribution in [0.5, 0.6) is 0 Å². The van der Waals surface area contributed by atoms with Gasteiger partial charge in [-0.05, 0) is 25.2 Å². The fourth-order valence-electron chi connectivity index (χ4n) is 3.82. The Morgan fingerprint density at radius 3 is 2.36 bits per heavy atom. The van der Waals surface area contributed by atoms with Gasteiger partial charge >= 0.3 is 0 Å². The molecule has 6 heteroatoms. The van der Waals surface area contributed by atoms with Gasteiger partial charge in [0.05, 0.1) is 0 Å². The maximum absolute atomic E-state index is 12.1. The van der Waals surface area contributed by atoms with Crippen LogP contribution in [0.3, 0.4) is 0 Å². The molecule has 1 saturated carbocycles. The molecule has 146 valence electrons. The lowest BCUT2D eigenvalue weighted by Gasteiger charge is -2.23. The van der Waals surface area contributed by atoms with Crippen molar-refractivity contribution in [2.45, 2.75) is 71.3 Å². The topological polar surface area (TPSA) is 56.7 Å². The highest BCUT2D eigenvalue weighted by atomic mass is 127. The lowest BCUT2D eigenvalue weighted by molar-refractivity contribution is -0.133. The molecule has 0 aromatic heterocycles. The fraction of sp³-hybridized carbons (Fsp3) is 0.895. The van der Waals surface area contributed by atoms with E-state index in [4.69, 9.17) is 0 Å². The molecule has 1 heterocycles. The first-order chi connectivity index (χ1) is 11.6. The molecular weight excluding hydrogens is 427 g/mol. The summed E-state index contributed by atoms with van der Waals surface area (Å²) in [6, 6.07) is 0.316. The van der Waals surface area contributed by atoms with Gasteiger partial charge in [0.2, 0.25) is 5.91 Å². The molecule has 1 amide bonds. The average molecular weight is 464 g/mol. The van der Waals surface area contributed by atoms with Gasteiger partial charge in [-0.3, -0.25) is 9.79 Å². The molecule has 0 spiro atoms. The Morgan fingerprint density at radius 1 is 1.12 bits per heavy atom. The number of amides is 1. The van der Waals surface area contributed by atoms with Crippen LogP contribution in [0.1, 0.15) is 65.2 Å². The number of rotatable bonds is 4. The van der Waals surface area contributed by atoms with E-state index in [0.29, 0.717) is 6.04 Å². The number of carbonyl (C=O) groups excluding carboxylic acids is 1. The highest BCUT2D eigenvalue weighted by molar-refractivity contribution is 14.0. The van der Waals surface area contributed by atoms with Crippen LogP contribution in [0.25, 0.3) is 0 Å². The third kappa shape index (κ3) is 7.71. The average Bonchev–Trinajstić information content (AvgIpc) is 3.00. The van der Waals surface area contributed by atoms with Crippen LogP contribution >= 0.6 is 24.0 Å². The molecule has 2 fully saturated rings. The first-order valence-corrected chi connectivity index (χ1v) is 9.86. The van der Waals surface area contributed by atoms with E-state index in [-0.39, 0.29) is 35.8 Å². The monoisotopic (exact) mass is 464 g/mol. The van der Waals surface area contributed by atoms with Crippen molar-refractivity contribution >= 4 is 35.8 Å². The normalized spacial score (nSPS) is 23.0. The van der Waals surface area contributed by atoms with E-state index in [0.717, 1.165) is 37.9 Å². The van der Waals surface area contributed by atoms with E-state index in [9.17, 15) is 4.79 Å². The van der Waals surface area contributed by atoms with Crippen molar-refractivity contribution < 1.29 is 4.79 Å². The van der Waals surface area contributed by atoms with Crippen LogP contribution in [0.15, 0.2) is 4.99 Å². The largest absolute Gasteiger partial charge is 0.356 e. The summed E-state index contributed by atoms with van der Waals surface area (Å²) in [5, 5.41) is 7.02.